The molecule has 1 aliphatic heterocycles. The molecule has 0 spiro atoms. The Balaban J connectivity index is 1.97. The molecule has 1 atom stereocenters. The highest BCUT2D eigenvalue weighted by atomic mass is 16.2. The topological polar surface area (TPSA) is 35.6 Å². The molecule has 0 aliphatic carbocycles. The van der Waals surface area contributed by atoms with E-state index in [2.05, 4.69) is 41.4 Å². The van der Waals surface area contributed by atoms with Crippen molar-refractivity contribution in [3.05, 3.63) is 59.7 Å². The Morgan fingerprint density at radius 1 is 1.09 bits per heavy atom. The second-order valence-corrected chi connectivity index (χ2v) is 6.08. The molecule has 2 aromatic carbocycles. The Kier molecular flexibility index (Phi) is 4.24. The Labute approximate surface area is 137 Å². The molecule has 0 radical (unpaired) electrons. The number of anilines is 2. The van der Waals surface area contributed by atoms with Crippen molar-refractivity contribution in [1.29, 1.82) is 0 Å². The Morgan fingerprint density at radius 3 is 2.43 bits per heavy atom. The summed E-state index contributed by atoms with van der Waals surface area (Å²) in [6.07, 6.45) is 0.815. The van der Waals surface area contributed by atoms with Gasteiger partial charge < -0.3 is 15.1 Å². The fourth-order valence-electron chi connectivity index (χ4n) is 2.98. The van der Waals surface area contributed by atoms with Crippen molar-refractivity contribution in [2.75, 3.05) is 30.9 Å². The van der Waals surface area contributed by atoms with Gasteiger partial charge in [-0.1, -0.05) is 31.2 Å². The number of nitrogens with zero attached hydrogens (tertiary/aromatic N) is 2. The van der Waals surface area contributed by atoms with E-state index < -0.39 is 0 Å². The molecule has 120 valence electrons. The van der Waals surface area contributed by atoms with Crippen LogP contribution in [0.1, 0.15) is 35.4 Å². The number of hydrogen-bond donors (Lipinski definition) is 1. The SMILES string of the molecule is CCCN1C(=O)c2ccccc2N[C@H]1c1ccc(N(C)C)cc1. The average Bonchev–Trinajstić information content (AvgIpc) is 2.57. The van der Waals surface area contributed by atoms with E-state index in [-0.39, 0.29) is 12.1 Å². The molecular weight excluding hydrogens is 286 g/mol. The molecule has 1 aliphatic rings. The standard InChI is InChI=1S/C19H23N3O/c1-4-13-22-18(14-9-11-15(12-10-14)21(2)3)20-17-8-6-5-7-16(17)19(22)23/h5-12,18,20H,4,13H2,1-3H3/t18-/m1/s1. The number of para-hydroxylation sites is 1. The van der Waals surface area contributed by atoms with Crippen molar-refractivity contribution in [2.45, 2.75) is 19.5 Å². The summed E-state index contributed by atoms with van der Waals surface area (Å²) in [5.41, 5.74) is 3.92. The molecule has 23 heavy (non-hydrogen) atoms. The molecule has 4 heteroatoms. The largest absolute Gasteiger partial charge is 0.378 e. The minimum atomic E-state index is -0.117. The van der Waals surface area contributed by atoms with E-state index in [9.17, 15) is 4.79 Å². The fourth-order valence-corrected chi connectivity index (χ4v) is 2.98. The highest BCUT2D eigenvalue weighted by molar-refractivity contribution is 6.01. The van der Waals surface area contributed by atoms with Gasteiger partial charge in [0, 0.05) is 32.0 Å². The average molecular weight is 309 g/mol. The van der Waals surface area contributed by atoms with Crippen LogP contribution in [-0.4, -0.2) is 31.4 Å². The molecule has 0 aromatic heterocycles. The first-order valence-electron chi connectivity index (χ1n) is 8.05. The van der Waals surface area contributed by atoms with Crippen LogP contribution in [-0.2, 0) is 0 Å². The van der Waals surface area contributed by atoms with Crippen LogP contribution >= 0.6 is 0 Å². The van der Waals surface area contributed by atoms with Crippen LogP contribution in [0.3, 0.4) is 0 Å². The van der Waals surface area contributed by atoms with Gasteiger partial charge in [0.05, 0.1) is 5.56 Å². The number of hydrogen-bond acceptors (Lipinski definition) is 3. The van der Waals surface area contributed by atoms with E-state index in [4.69, 9.17) is 0 Å². The van der Waals surface area contributed by atoms with Gasteiger partial charge in [0.1, 0.15) is 6.17 Å². The molecule has 4 nitrogen and oxygen atoms in total. The maximum absolute atomic E-state index is 12.8. The third-order valence-electron chi connectivity index (χ3n) is 4.21. The van der Waals surface area contributed by atoms with Crippen molar-refractivity contribution in [2.24, 2.45) is 0 Å². The maximum Gasteiger partial charge on any atom is 0.257 e. The van der Waals surface area contributed by atoms with E-state index in [0.29, 0.717) is 0 Å². The fraction of sp³-hybridized carbons (Fsp3) is 0.316. The van der Waals surface area contributed by atoms with Crippen LogP contribution in [0.2, 0.25) is 0 Å². The Morgan fingerprint density at radius 2 is 1.78 bits per heavy atom. The van der Waals surface area contributed by atoms with Gasteiger partial charge >= 0.3 is 0 Å². The third kappa shape index (κ3) is 2.89. The number of amides is 1. The minimum absolute atomic E-state index is 0.0999. The number of carbonyl (C=O) groups is 1. The zero-order chi connectivity index (χ0) is 16.4. The molecule has 0 fully saturated rings. The summed E-state index contributed by atoms with van der Waals surface area (Å²) in [7, 11) is 4.05. The summed E-state index contributed by atoms with van der Waals surface area (Å²) < 4.78 is 0. The predicted octanol–water partition coefficient (Wildman–Crippen LogP) is 3.73. The summed E-state index contributed by atoms with van der Waals surface area (Å²) in [4.78, 5) is 16.8. The van der Waals surface area contributed by atoms with Gasteiger partial charge in [0.2, 0.25) is 0 Å². The summed E-state index contributed by atoms with van der Waals surface area (Å²) in [5, 5.41) is 3.52. The van der Waals surface area contributed by atoms with E-state index in [0.717, 1.165) is 35.5 Å². The zero-order valence-corrected chi connectivity index (χ0v) is 13.9. The molecule has 1 N–H and O–H groups in total. The van der Waals surface area contributed by atoms with Gasteiger partial charge in [-0.25, -0.2) is 0 Å². The zero-order valence-electron chi connectivity index (χ0n) is 13.9. The van der Waals surface area contributed by atoms with Crippen molar-refractivity contribution >= 4 is 17.3 Å². The molecule has 0 unspecified atom stereocenters. The van der Waals surface area contributed by atoms with Crippen LogP contribution in [0, 0.1) is 0 Å². The van der Waals surface area contributed by atoms with Crippen LogP contribution in [0.15, 0.2) is 48.5 Å². The van der Waals surface area contributed by atoms with Crippen LogP contribution < -0.4 is 10.2 Å². The van der Waals surface area contributed by atoms with Crippen LogP contribution in [0.4, 0.5) is 11.4 Å². The van der Waals surface area contributed by atoms with Crippen molar-refractivity contribution in [1.82, 2.24) is 4.90 Å². The van der Waals surface area contributed by atoms with Crippen molar-refractivity contribution in [3.63, 3.8) is 0 Å². The quantitative estimate of drug-likeness (QED) is 0.935. The van der Waals surface area contributed by atoms with Crippen molar-refractivity contribution < 1.29 is 4.79 Å². The minimum Gasteiger partial charge on any atom is -0.378 e. The Bertz CT molecular complexity index is 694. The second-order valence-electron chi connectivity index (χ2n) is 6.08. The summed E-state index contributed by atoms with van der Waals surface area (Å²) in [6, 6.07) is 16.1. The molecular formula is C19H23N3O. The molecule has 1 amide bonds. The van der Waals surface area contributed by atoms with E-state index in [1.165, 1.54) is 0 Å². The second kappa shape index (κ2) is 6.32. The molecule has 0 saturated carbocycles. The van der Waals surface area contributed by atoms with Gasteiger partial charge in [0.15, 0.2) is 0 Å². The summed E-state index contributed by atoms with van der Waals surface area (Å²) in [6.45, 7) is 2.83. The predicted molar refractivity (Wildman–Crippen MR) is 94.9 cm³/mol. The van der Waals surface area contributed by atoms with E-state index >= 15 is 0 Å². The lowest BCUT2D eigenvalue weighted by Gasteiger charge is -2.38. The Hall–Kier alpha value is -2.49. The molecule has 0 saturated heterocycles. The lowest BCUT2D eigenvalue weighted by atomic mass is 10.0. The lowest BCUT2D eigenvalue weighted by Crippen LogP contribution is -2.43. The van der Waals surface area contributed by atoms with Gasteiger partial charge in [0.25, 0.3) is 5.91 Å². The van der Waals surface area contributed by atoms with Crippen LogP contribution in [0.25, 0.3) is 0 Å². The van der Waals surface area contributed by atoms with Gasteiger partial charge in [-0.15, -0.1) is 0 Å². The highest BCUT2D eigenvalue weighted by Crippen LogP contribution is 2.33. The number of carbonyl (C=O) groups excluding carboxylic acids is 1. The van der Waals surface area contributed by atoms with Gasteiger partial charge in [-0.3, -0.25) is 4.79 Å². The first kappa shape index (κ1) is 15.4. The molecule has 0 bridgehead atoms. The summed E-state index contributed by atoms with van der Waals surface area (Å²) in [5.74, 6) is 0.0999. The first-order chi connectivity index (χ1) is 11.1. The summed E-state index contributed by atoms with van der Waals surface area (Å²) >= 11 is 0. The van der Waals surface area contributed by atoms with Gasteiger partial charge in [-0.05, 0) is 36.2 Å². The third-order valence-corrected chi connectivity index (χ3v) is 4.21. The smallest absolute Gasteiger partial charge is 0.257 e. The van der Waals surface area contributed by atoms with Crippen LogP contribution in [0.5, 0.6) is 0 Å². The van der Waals surface area contributed by atoms with E-state index in [1.54, 1.807) is 0 Å². The molecule has 2 aromatic rings. The molecule has 3 rings (SSSR count). The normalized spacial score (nSPS) is 16.7. The number of benzene rings is 2. The highest BCUT2D eigenvalue weighted by Gasteiger charge is 2.31. The maximum atomic E-state index is 12.8. The lowest BCUT2D eigenvalue weighted by molar-refractivity contribution is 0.0683. The van der Waals surface area contributed by atoms with Crippen molar-refractivity contribution in [3.8, 4) is 0 Å². The monoisotopic (exact) mass is 309 g/mol. The first-order valence-corrected chi connectivity index (χ1v) is 8.05. The van der Waals surface area contributed by atoms with E-state index in [1.807, 2.05) is 43.3 Å². The van der Waals surface area contributed by atoms with Gasteiger partial charge in [-0.2, -0.15) is 0 Å². The number of rotatable bonds is 4. The number of fused-ring (bicyclic) bond motifs is 1. The number of nitrogens with one attached hydrogen (secondary N) is 1. The molecule has 1 heterocycles.